The molecule has 0 unspecified atom stereocenters. The number of hydrogen-bond donors (Lipinski definition) is 1. The second kappa shape index (κ2) is 8.74. The van der Waals surface area contributed by atoms with E-state index in [4.69, 9.17) is 21.1 Å². The zero-order chi connectivity index (χ0) is 21.3. The number of carbonyl (C=O) groups is 1. The van der Waals surface area contributed by atoms with Gasteiger partial charge in [0.2, 0.25) is 5.91 Å². The van der Waals surface area contributed by atoms with Crippen LogP contribution in [0, 0.1) is 0 Å². The summed E-state index contributed by atoms with van der Waals surface area (Å²) in [5, 5.41) is 3.94. The van der Waals surface area contributed by atoms with Crippen molar-refractivity contribution in [2.45, 2.75) is 82.0 Å². The van der Waals surface area contributed by atoms with Crippen LogP contribution < -0.4 is 14.8 Å². The maximum absolute atomic E-state index is 12.9. The van der Waals surface area contributed by atoms with Gasteiger partial charge < -0.3 is 14.8 Å². The van der Waals surface area contributed by atoms with Gasteiger partial charge in [0.15, 0.2) is 0 Å². The maximum atomic E-state index is 12.9. The van der Waals surface area contributed by atoms with Crippen LogP contribution in [0.3, 0.4) is 0 Å². The van der Waals surface area contributed by atoms with Crippen molar-refractivity contribution in [1.82, 2.24) is 5.32 Å². The standard InChI is InChI=1S/C26H30ClNO3/c27-19-11-12-24-21(16-19)22(17-26(31-24)14-5-15-26)28-25(29)13-10-18-6-1-4-9-23(18)30-20-7-2-3-8-20/h1,4,6,9,11-12,16,20,22H,2-3,5,7-8,10,13-15,17H2,(H,28,29)/t22-/m1/s1. The van der Waals surface area contributed by atoms with Crippen LogP contribution in [0.1, 0.15) is 75.0 Å². The topological polar surface area (TPSA) is 47.6 Å². The van der Waals surface area contributed by atoms with Crippen LogP contribution in [-0.4, -0.2) is 17.6 Å². The highest BCUT2D eigenvalue weighted by molar-refractivity contribution is 6.30. The summed E-state index contributed by atoms with van der Waals surface area (Å²) in [6.07, 6.45) is 10.3. The monoisotopic (exact) mass is 439 g/mol. The van der Waals surface area contributed by atoms with Crippen LogP contribution in [0.5, 0.6) is 11.5 Å². The minimum Gasteiger partial charge on any atom is -0.490 e. The molecular weight excluding hydrogens is 410 g/mol. The van der Waals surface area contributed by atoms with Crippen LogP contribution in [-0.2, 0) is 11.2 Å². The second-order valence-electron chi connectivity index (χ2n) is 9.28. The molecule has 1 atom stereocenters. The molecule has 0 aromatic heterocycles. The van der Waals surface area contributed by atoms with Gasteiger partial charge >= 0.3 is 0 Å². The molecule has 3 aliphatic rings. The van der Waals surface area contributed by atoms with Gasteiger partial charge in [-0.2, -0.15) is 0 Å². The zero-order valence-electron chi connectivity index (χ0n) is 17.9. The molecule has 2 aliphatic carbocycles. The van der Waals surface area contributed by atoms with Gasteiger partial charge in [0.05, 0.1) is 12.1 Å². The molecule has 2 aromatic rings. The largest absolute Gasteiger partial charge is 0.490 e. The van der Waals surface area contributed by atoms with Gasteiger partial charge in [0, 0.05) is 23.4 Å². The Hall–Kier alpha value is -2.20. The summed E-state index contributed by atoms with van der Waals surface area (Å²) in [6, 6.07) is 13.8. The van der Waals surface area contributed by atoms with E-state index in [1.54, 1.807) is 0 Å². The third kappa shape index (κ3) is 4.55. The Morgan fingerprint density at radius 2 is 1.94 bits per heavy atom. The van der Waals surface area contributed by atoms with Crippen molar-refractivity contribution < 1.29 is 14.3 Å². The Balaban J connectivity index is 1.24. The lowest BCUT2D eigenvalue weighted by atomic mass is 9.73. The summed E-state index contributed by atoms with van der Waals surface area (Å²) in [5.74, 6) is 1.85. The fourth-order valence-corrected chi connectivity index (χ4v) is 5.35. The van der Waals surface area contributed by atoms with E-state index in [1.165, 1.54) is 19.3 Å². The van der Waals surface area contributed by atoms with Crippen molar-refractivity contribution in [3.63, 3.8) is 0 Å². The number of carbonyl (C=O) groups excluding carboxylic acids is 1. The van der Waals surface area contributed by atoms with Gasteiger partial charge in [0.1, 0.15) is 17.1 Å². The van der Waals surface area contributed by atoms with E-state index in [0.29, 0.717) is 24.0 Å². The Morgan fingerprint density at radius 1 is 1.13 bits per heavy atom. The Bertz CT molecular complexity index is 949. The molecule has 1 heterocycles. The Kier molecular flexibility index (Phi) is 5.83. The van der Waals surface area contributed by atoms with E-state index in [2.05, 4.69) is 11.4 Å². The lowest BCUT2D eigenvalue weighted by molar-refractivity contribution is -0.123. The smallest absolute Gasteiger partial charge is 0.220 e. The summed E-state index contributed by atoms with van der Waals surface area (Å²) in [7, 11) is 0. The van der Waals surface area contributed by atoms with Crippen LogP contribution >= 0.6 is 11.6 Å². The molecule has 1 aliphatic heterocycles. The average molecular weight is 440 g/mol. The minimum absolute atomic E-state index is 0.0553. The van der Waals surface area contributed by atoms with Gasteiger partial charge in [-0.1, -0.05) is 29.8 Å². The first-order valence-corrected chi connectivity index (χ1v) is 12.0. The van der Waals surface area contributed by atoms with Crippen molar-refractivity contribution in [3.8, 4) is 11.5 Å². The lowest BCUT2D eigenvalue weighted by Crippen LogP contribution is -2.49. The molecule has 1 spiro atoms. The van der Waals surface area contributed by atoms with Crippen molar-refractivity contribution in [2.24, 2.45) is 0 Å². The molecule has 0 bridgehead atoms. The van der Waals surface area contributed by atoms with E-state index < -0.39 is 0 Å². The SMILES string of the molecule is O=C(CCc1ccccc1OC1CCCC1)N[C@@H]1CC2(CCC2)Oc2ccc(Cl)cc21. The normalized spacial score (nSPS) is 21.8. The maximum Gasteiger partial charge on any atom is 0.220 e. The molecule has 31 heavy (non-hydrogen) atoms. The quantitative estimate of drug-likeness (QED) is 0.586. The summed E-state index contributed by atoms with van der Waals surface area (Å²) in [4.78, 5) is 12.9. The molecule has 2 fully saturated rings. The molecule has 5 heteroatoms. The molecule has 0 saturated heterocycles. The number of ether oxygens (including phenoxy) is 2. The van der Waals surface area contributed by atoms with Gasteiger partial charge in [-0.05, 0) is 81.2 Å². The molecule has 4 nitrogen and oxygen atoms in total. The highest BCUT2D eigenvalue weighted by atomic mass is 35.5. The minimum atomic E-state index is -0.125. The number of benzene rings is 2. The van der Waals surface area contributed by atoms with Gasteiger partial charge in [-0.15, -0.1) is 0 Å². The molecule has 1 amide bonds. The molecule has 0 radical (unpaired) electrons. The van der Waals surface area contributed by atoms with E-state index in [1.807, 2.05) is 36.4 Å². The fraction of sp³-hybridized carbons (Fsp3) is 0.500. The number of hydrogen-bond acceptors (Lipinski definition) is 3. The summed E-state index contributed by atoms with van der Waals surface area (Å²) >= 11 is 6.24. The highest BCUT2D eigenvalue weighted by Gasteiger charge is 2.45. The third-order valence-electron chi connectivity index (χ3n) is 7.04. The van der Waals surface area contributed by atoms with Gasteiger partial charge in [-0.25, -0.2) is 0 Å². The van der Waals surface area contributed by atoms with Crippen LogP contribution in [0.2, 0.25) is 5.02 Å². The number of rotatable bonds is 6. The molecule has 1 N–H and O–H groups in total. The second-order valence-corrected chi connectivity index (χ2v) is 9.71. The number of amides is 1. The summed E-state index contributed by atoms with van der Waals surface area (Å²) in [6.45, 7) is 0. The van der Waals surface area contributed by atoms with Gasteiger partial charge in [-0.3, -0.25) is 4.79 Å². The van der Waals surface area contributed by atoms with Crippen LogP contribution in [0.25, 0.3) is 0 Å². The van der Waals surface area contributed by atoms with Crippen molar-refractivity contribution in [3.05, 3.63) is 58.6 Å². The molecule has 5 rings (SSSR count). The molecular formula is C26H30ClNO3. The first kappa shape index (κ1) is 20.7. The van der Waals surface area contributed by atoms with Gasteiger partial charge in [0.25, 0.3) is 0 Å². The average Bonchev–Trinajstić information content (AvgIpc) is 3.25. The Labute approximate surface area is 189 Å². The van der Waals surface area contributed by atoms with Crippen molar-refractivity contribution in [1.29, 1.82) is 0 Å². The predicted molar refractivity (Wildman–Crippen MR) is 122 cm³/mol. The van der Waals surface area contributed by atoms with Crippen molar-refractivity contribution >= 4 is 17.5 Å². The van der Waals surface area contributed by atoms with E-state index in [0.717, 1.165) is 54.7 Å². The molecule has 2 aromatic carbocycles. The number of aryl methyl sites for hydroxylation is 1. The number of fused-ring (bicyclic) bond motifs is 1. The number of para-hydroxylation sites is 1. The first-order valence-electron chi connectivity index (χ1n) is 11.6. The third-order valence-corrected chi connectivity index (χ3v) is 7.27. The van der Waals surface area contributed by atoms with Crippen molar-refractivity contribution in [2.75, 3.05) is 0 Å². The highest BCUT2D eigenvalue weighted by Crippen LogP contribution is 2.49. The molecule has 164 valence electrons. The first-order chi connectivity index (χ1) is 15.1. The van der Waals surface area contributed by atoms with Crippen LogP contribution in [0.15, 0.2) is 42.5 Å². The Morgan fingerprint density at radius 3 is 2.71 bits per heavy atom. The fourth-order valence-electron chi connectivity index (χ4n) is 5.17. The number of nitrogens with one attached hydrogen (secondary N) is 1. The predicted octanol–water partition coefficient (Wildman–Crippen LogP) is 6.16. The van der Waals surface area contributed by atoms with E-state index in [9.17, 15) is 4.79 Å². The lowest BCUT2D eigenvalue weighted by Gasteiger charge is -2.48. The number of halogens is 1. The summed E-state index contributed by atoms with van der Waals surface area (Å²) < 4.78 is 12.5. The molecule has 2 saturated carbocycles. The zero-order valence-corrected chi connectivity index (χ0v) is 18.6. The van der Waals surface area contributed by atoms with Crippen LogP contribution in [0.4, 0.5) is 0 Å². The van der Waals surface area contributed by atoms with E-state index >= 15 is 0 Å². The van der Waals surface area contributed by atoms with E-state index in [-0.39, 0.29) is 17.6 Å². The summed E-state index contributed by atoms with van der Waals surface area (Å²) in [5.41, 5.74) is 1.97.